The van der Waals surface area contributed by atoms with Crippen LogP contribution in [0, 0.1) is 0 Å². The molecular formula is C25H27Cl3F3N3O4S. The van der Waals surface area contributed by atoms with Gasteiger partial charge in [-0.3, -0.25) is 13.9 Å². The lowest BCUT2D eigenvalue weighted by Gasteiger charge is -2.32. The summed E-state index contributed by atoms with van der Waals surface area (Å²) < 4.78 is 66.2. The van der Waals surface area contributed by atoms with E-state index in [-0.39, 0.29) is 17.6 Å². The molecule has 14 heteroatoms. The van der Waals surface area contributed by atoms with Gasteiger partial charge < -0.3 is 10.2 Å². The van der Waals surface area contributed by atoms with Gasteiger partial charge >= 0.3 is 6.18 Å². The average Bonchev–Trinajstić information content (AvgIpc) is 3.33. The molecule has 1 fully saturated rings. The zero-order valence-electron chi connectivity index (χ0n) is 21.1. The van der Waals surface area contributed by atoms with Crippen molar-refractivity contribution >= 4 is 62.3 Å². The SMILES string of the molecule is CC(C(=O)NC1CCCC1)N(Cc1ccc(Cl)cc1Cl)C(=O)CN(c1ccc(Cl)c(C(F)(F)F)c1)S(C)(=O)=O. The third-order valence-corrected chi connectivity index (χ3v) is 8.50. The number of anilines is 1. The fourth-order valence-electron chi connectivity index (χ4n) is 4.31. The van der Waals surface area contributed by atoms with Gasteiger partial charge in [0, 0.05) is 22.6 Å². The second kappa shape index (κ2) is 12.5. The van der Waals surface area contributed by atoms with Gasteiger partial charge in [0.15, 0.2) is 0 Å². The molecule has 1 unspecified atom stereocenters. The van der Waals surface area contributed by atoms with Crippen molar-refractivity contribution in [2.24, 2.45) is 0 Å². The maximum atomic E-state index is 13.6. The van der Waals surface area contributed by atoms with Crippen LogP contribution in [0.15, 0.2) is 36.4 Å². The number of halogens is 6. The van der Waals surface area contributed by atoms with E-state index in [2.05, 4.69) is 5.32 Å². The summed E-state index contributed by atoms with van der Waals surface area (Å²) in [5.74, 6) is -1.28. The van der Waals surface area contributed by atoms with Crippen molar-refractivity contribution in [2.45, 2.75) is 57.4 Å². The Morgan fingerprint density at radius 3 is 2.26 bits per heavy atom. The first-order chi connectivity index (χ1) is 18.1. The maximum Gasteiger partial charge on any atom is 0.417 e. The van der Waals surface area contributed by atoms with Crippen molar-refractivity contribution < 1.29 is 31.2 Å². The second-order valence-electron chi connectivity index (χ2n) is 9.35. The Morgan fingerprint density at radius 1 is 1.05 bits per heavy atom. The zero-order chi connectivity index (χ0) is 29.1. The Hall–Kier alpha value is -2.21. The normalized spacial score (nSPS) is 15.2. The van der Waals surface area contributed by atoms with Crippen LogP contribution in [0.25, 0.3) is 0 Å². The molecule has 214 valence electrons. The summed E-state index contributed by atoms with van der Waals surface area (Å²) in [7, 11) is -4.24. The number of sulfonamides is 1. The van der Waals surface area contributed by atoms with Crippen LogP contribution in [-0.2, 0) is 32.3 Å². The monoisotopic (exact) mass is 627 g/mol. The molecule has 0 aromatic heterocycles. The molecule has 1 atom stereocenters. The van der Waals surface area contributed by atoms with Crippen molar-refractivity contribution in [1.29, 1.82) is 0 Å². The Bertz CT molecular complexity index is 1340. The van der Waals surface area contributed by atoms with Crippen molar-refractivity contribution in [1.82, 2.24) is 10.2 Å². The summed E-state index contributed by atoms with van der Waals surface area (Å²) in [4.78, 5) is 27.8. The predicted molar refractivity (Wildman–Crippen MR) is 146 cm³/mol. The Balaban J connectivity index is 1.96. The minimum atomic E-state index is -4.86. The number of benzene rings is 2. The van der Waals surface area contributed by atoms with Gasteiger partial charge in [0.1, 0.15) is 12.6 Å². The lowest BCUT2D eigenvalue weighted by atomic mass is 10.1. The second-order valence-corrected chi connectivity index (χ2v) is 12.5. The molecule has 1 saturated carbocycles. The molecule has 0 spiro atoms. The lowest BCUT2D eigenvalue weighted by molar-refractivity contribution is -0.139. The number of nitrogens with one attached hydrogen (secondary N) is 1. The smallest absolute Gasteiger partial charge is 0.352 e. The van der Waals surface area contributed by atoms with Gasteiger partial charge in [-0.1, -0.05) is 53.7 Å². The van der Waals surface area contributed by atoms with Crippen LogP contribution >= 0.6 is 34.8 Å². The van der Waals surface area contributed by atoms with Gasteiger partial charge in [0.2, 0.25) is 21.8 Å². The molecular weight excluding hydrogens is 602 g/mol. The molecule has 0 radical (unpaired) electrons. The number of nitrogens with zero attached hydrogens (tertiary/aromatic N) is 2. The van der Waals surface area contributed by atoms with Gasteiger partial charge in [-0.15, -0.1) is 0 Å². The molecule has 2 amide bonds. The molecule has 3 rings (SSSR count). The van der Waals surface area contributed by atoms with E-state index in [1.165, 1.54) is 13.0 Å². The third kappa shape index (κ3) is 8.15. The third-order valence-electron chi connectivity index (χ3n) is 6.45. The fraction of sp³-hybridized carbons (Fsp3) is 0.440. The summed E-state index contributed by atoms with van der Waals surface area (Å²) in [6, 6.07) is 6.01. The highest BCUT2D eigenvalue weighted by Crippen LogP contribution is 2.37. The molecule has 1 N–H and O–H groups in total. The summed E-state index contributed by atoms with van der Waals surface area (Å²) in [6.07, 6.45) is -0.562. The van der Waals surface area contributed by atoms with Crippen LogP contribution in [0.1, 0.15) is 43.7 Å². The summed E-state index contributed by atoms with van der Waals surface area (Å²) >= 11 is 18.0. The zero-order valence-corrected chi connectivity index (χ0v) is 24.1. The van der Waals surface area contributed by atoms with Crippen molar-refractivity contribution in [3.8, 4) is 0 Å². The van der Waals surface area contributed by atoms with E-state index in [0.717, 1.165) is 49.0 Å². The Kier molecular flexibility index (Phi) is 10.1. The van der Waals surface area contributed by atoms with Crippen molar-refractivity contribution in [3.63, 3.8) is 0 Å². The molecule has 1 aliphatic carbocycles. The molecule has 1 aliphatic rings. The largest absolute Gasteiger partial charge is 0.417 e. The van der Waals surface area contributed by atoms with Crippen LogP contribution in [0.4, 0.5) is 18.9 Å². The fourth-order valence-corrected chi connectivity index (χ4v) is 5.84. The van der Waals surface area contributed by atoms with Crippen LogP contribution in [-0.4, -0.2) is 50.0 Å². The predicted octanol–water partition coefficient (Wildman–Crippen LogP) is 5.91. The number of carbonyl (C=O) groups is 2. The van der Waals surface area contributed by atoms with Gasteiger partial charge in [-0.2, -0.15) is 13.2 Å². The van der Waals surface area contributed by atoms with Gasteiger partial charge in [-0.05, 0) is 55.7 Å². The molecule has 0 heterocycles. The molecule has 0 aliphatic heterocycles. The minimum absolute atomic E-state index is 0.0432. The molecule has 7 nitrogen and oxygen atoms in total. The van der Waals surface area contributed by atoms with Crippen LogP contribution in [0.5, 0.6) is 0 Å². The van der Waals surface area contributed by atoms with Crippen LogP contribution in [0.3, 0.4) is 0 Å². The number of hydrogen-bond donors (Lipinski definition) is 1. The molecule has 39 heavy (non-hydrogen) atoms. The van der Waals surface area contributed by atoms with E-state index in [1.807, 2.05) is 0 Å². The van der Waals surface area contributed by atoms with Crippen molar-refractivity contribution in [3.05, 3.63) is 62.6 Å². The Morgan fingerprint density at radius 2 is 1.69 bits per heavy atom. The maximum absolute atomic E-state index is 13.6. The van der Waals surface area contributed by atoms with Gasteiger partial charge in [0.25, 0.3) is 0 Å². The number of amides is 2. The van der Waals surface area contributed by atoms with E-state index in [0.29, 0.717) is 21.0 Å². The quantitative estimate of drug-likeness (QED) is 0.374. The standard InChI is InChI=1S/C25H27Cl3F3N3O4S/c1-15(24(36)32-18-5-3-4-6-18)33(13-16-7-8-17(26)11-22(16)28)23(35)14-34(39(2,37)38)19-9-10-21(27)20(12-19)25(29,30)31/h7-12,15,18H,3-6,13-14H2,1-2H3,(H,32,36). The van der Waals surface area contributed by atoms with E-state index in [1.54, 1.807) is 12.1 Å². The Labute approximate surface area is 240 Å². The summed E-state index contributed by atoms with van der Waals surface area (Å²) in [5.41, 5.74) is -1.22. The van der Waals surface area contributed by atoms with E-state index in [4.69, 9.17) is 34.8 Å². The molecule has 2 aromatic carbocycles. The van der Waals surface area contributed by atoms with E-state index in [9.17, 15) is 31.2 Å². The van der Waals surface area contributed by atoms with Crippen molar-refractivity contribution in [2.75, 3.05) is 17.1 Å². The summed E-state index contributed by atoms with van der Waals surface area (Å²) in [5, 5.41) is 2.85. The number of rotatable bonds is 9. The average molecular weight is 629 g/mol. The number of hydrogen-bond acceptors (Lipinski definition) is 4. The first kappa shape index (κ1) is 31.3. The lowest BCUT2D eigenvalue weighted by Crippen LogP contribution is -2.52. The highest BCUT2D eigenvalue weighted by atomic mass is 35.5. The first-order valence-corrected chi connectivity index (χ1v) is 14.9. The minimum Gasteiger partial charge on any atom is -0.352 e. The van der Waals surface area contributed by atoms with Crippen LogP contribution in [0.2, 0.25) is 15.1 Å². The highest BCUT2D eigenvalue weighted by Gasteiger charge is 2.36. The molecule has 0 bridgehead atoms. The topological polar surface area (TPSA) is 86.8 Å². The number of alkyl halides is 3. The number of carbonyl (C=O) groups excluding carboxylic acids is 2. The van der Waals surface area contributed by atoms with E-state index >= 15 is 0 Å². The highest BCUT2D eigenvalue weighted by molar-refractivity contribution is 7.92. The van der Waals surface area contributed by atoms with E-state index < -0.39 is 56.9 Å². The van der Waals surface area contributed by atoms with Gasteiger partial charge in [-0.25, -0.2) is 8.42 Å². The van der Waals surface area contributed by atoms with Crippen LogP contribution < -0.4 is 9.62 Å². The molecule has 0 saturated heterocycles. The molecule has 2 aromatic rings. The summed E-state index contributed by atoms with van der Waals surface area (Å²) in [6.45, 7) is 0.435. The first-order valence-electron chi connectivity index (χ1n) is 12.0. The van der Waals surface area contributed by atoms with Gasteiger partial charge in [0.05, 0.1) is 22.5 Å².